The van der Waals surface area contributed by atoms with Crippen LogP contribution < -0.4 is 0 Å². The van der Waals surface area contributed by atoms with Crippen LogP contribution in [0.4, 0.5) is 11.5 Å². The number of aryl methyl sites for hydroxylation is 2. The van der Waals surface area contributed by atoms with E-state index in [1.165, 1.54) is 27.6 Å². The van der Waals surface area contributed by atoms with Crippen molar-refractivity contribution in [3.05, 3.63) is 52.6 Å². The Morgan fingerprint density at radius 1 is 1.06 bits per heavy atom. The molecular weight excluding hydrogens is 454 g/mol. The molecular formula is C22H21N9O4. The third kappa shape index (κ3) is 4.01. The van der Waals surface area contributed by atoms with E-state index in [0.29, 0.717) is 22.9 Å². The molecule has 0 bridgehead atoms. The monoisotopic (exact) mass is 475 g/mol. The van der Waals surface area contributed by atoms with Gasteiger partial charge in [0, 0.05) is 12.5 Å². The molecule has 3 aromatic heterocycles. The highest BCUT2D eigenvalue weighted by Crippen LogP contribution is 2.36. The zero-order valence-electron chi connectivity index (χ0n) is 19.5. The first-order valence-electron chi connectivity index (χ1n) is 10.4. The highest BCUT2D eigenvalue weighted by molar-refractivity contribution is 5.94. The lowest BCUT2D eigenvalue weighted by molar-refractivity contribution is 0.0696. The highest BCUT2D eigenvalue weighted by Gasteiger charge is 2.27. The Hall–Kier alpha value is -4.86. The minimum Gasteiger partial charge on any atom is -0.478 e. The number of hydrogen-bond acceptors (Lipinski definition) is 8. The number of aromatic carboxylic acids is 2. The minimum absolute atomic E-state index is 0.00415. The first kappa shape index (κ1) is 23.3. The molecule has 0 saturated heterocycles. The number of benzene rings is 1. The van der Waals surface area contributed by atoms with Crippen molar-refractivity contribution in [2.45, 2.75) is 33.1 Å². The number of carboxylic acid groups (broad SMARTS) is 2. The van der Waals surface area contributed by atoms with Crippen molar-refractivity contribution in [1.82, 2.24) is 29.2 Å². The summed E-state index contributed by atoms with van der Waals surface area (Å²) in [5, 5.41) is 50.2. The van der Waals surface area contributed by atoms with Crippen molar-refractivity contribution in [3.63, 3.8) is 0 Å². The van der Waals surface area contributed by atoms with Crippen LogP contribution >= 0.6 is 0 Å². The maximum absolute atomic E-state index is 11.5. The summed E-state index contributed by atoms with van der Waals surface area (Å²) in [6.45, 7) is 7.73. The van der Waals surface area contributed by atoms with Gasteiger partial charge in [0.25, 0.3) is 0 Å². The summed E-state index contributed by atoms with van der Waals surface area (Å²) in [5.74, 6) is -1.91. The van der Waals surface area contributed by atoms with Gasteiger partial charge in [-0.1, -0.05) is 20.8 Å². The molecule has 4 aromatic rings. The largest absolute Gasteiger partial charge is 0.478 e. The van der Waals surface area contributed by atoms with E-state index in [1.807, 2.05) is 45.4 Å². The summed E-state index contributed by atoms with van der Waals surface area (Å²) in [7, 11) is 1.82. The van der Waals surface area contributed by atoms with E-state index in [4.69, 9.17) is 0 Å². The average molecular weight is 475 g/mol. The van der Waals surface area contributed by atoms with Crippen LogP contribution in [-0.4, -0.2) is 51.3 Å². The predicted molar refractivity (Wildman–Crippen MR) is 122 cm³/mol. The van der Waals surface area contributed by atoms with Crippen LogP contribution in [0.25, 0.3) is 11.3 Å². The Kier molecular flexibility index (Phi) is 5.44. The van der Waals surface area contributed by atoms with Crippen molar-refractivity contribution in [2.75, 3.05) is 0 Å². The highest BCUT2D eigenvalue weighted by atomic mass is 16.4. The number of hydrogen-bond donors (Lipinski definition) is 2. The number of rotatable bonds is 5. The van der Waals surface area contributed by atoms with E-state index in [2.05, 4.69) is 25.5 Å². The van der Waals surface area contributed by atoms with Crippen LogP contribution in [0.5, 0.6) is 0 Å². The zero-order chi connectivity index (χ0) is 25.7. The van der Waals surface area contributed by atoms with E-state index in [9.17, 15) is 25.1 Å². The Balaban J connectivity index is 1.93. The van der Waals surface area contributed by atoms with Gasteiger partial charge in [0.1, 0.15) is 17.5 Å². The van der Waals surface area contributed by atoms with Crippen molar-refractivity contribution >= 4 is 29.1 Å². The van der Waals surface area contributed by atoms with E-state index in [-0.39, 0.29) is 28.2 Å². The van der Waals surface area contributed by atoms with Crippen LogP contribution in [0.15, 0.2) is 34.6 Å². The topological polar surface area (TPSA) is 176 Å². The van der Waals surface area contributed by atoms with Gasteiger partial charge in [0.15, 0.2) is 17.2 Å². The molecule has 3 heterocycles. The third-order valence-electron chi connectivity index (χ3n) is 5.34. The first-order valence-corrected chi connectivity index (χ1v) is 10.4. The fraction of sp³-hybridized carbons (Fsp3) is 0.273. The molecule has 1 aromatic carbocycles. The van der Waals surface area contributed by atoms with Gasteiger partial charge in [0.05, 0.1) is 28.7 Å². The molecule has 0 unspecified atom stereocenters. The quantitative estimate of drug-likeness (QED) is 0.412. The Morgan fingerprint density at radius 2 is 1.69 bits per heavy atom. The second-order valence-electron chi connectivity index (χ2n) is 8.85. The Bertz CT molecular complexity index is 1540. The van der Waals surface area contributed by atoms with Crippen LogP contribution in [0.3, 0.4) is 0 Å². The number of carboxylic acids is 2. The second kappa shape index (κ2) is 8.17. The van der Waals surface area contributed by atoms with Crippen molar-refractivity contribution in [3.8, 4) is 11.8 Å². The average Bonchev–Trinajstić information content (AvgIpc) is 3.44. The first-order chi connectivity index (χ1) is 16.4. The molecule has 13 heteroatoms. The molecule has 0 amide bonds. The van der Waals surface area contributed by atoms with Crippen molar-refractivity contribution in [2.24, 2.45) is 17.3 Å². The van der Waals surface area contributed by atoms with Gasteiger partial charge in [-0.2, -0.15) is 15.5 Å². The Labute approximate surface area is 198 Å². The molecule has 0 aliphatic heterocycles. The van der Waals surface area contributed by atoms with Gasteiger partial charge in [-0.05, 0) is 25.1 Å². The molecule has 0 fully saturated rings. The number of fused-ring (bicyclic) bond motifs is 1. The van der Waals surface area contributed by atoms with Crippen LogP contribution in [0.2, 0.25) is 0 Å². The van der Waals surface area contributed by atoms with E-state index in [0.717, 1.165) is 6.07 Å². The smallest absolute Gasteiger partial charge is 0.335 e. The molecule has 2 N–H and O–H groups in total. The third-order valence-corrected chi connectivity index (χ3v) is 5.34. The summed E-state index contributed by atoms with van der Waals surface area (Å²) in [6, 6.07) is 5.50. The molecule has 4 rings (SSSR count). The SMILES string of the molecule is Cc1nn2nc(C(C)(C)C)c(N=Nc3c(C#N)cnn3-c3cc(C(=O)O)cc(C(=O)O)c3)c2n1C. The summed E-state index contributed by atoms with van der Waals surface area (Å²) in [6.07, 6.45) is 1.24. The summed E-state index contributed by atoms with van der Waals surface area (Å²) in [5.41, 5.74) is 0.930. The van der Waals surface area contributed by atoms with Crippen LogP contribution in [-0.2, 0) is 12.5 Å². The van der Waals surface area contributed by atoms with Gasteiger partial charge in [-0.3, -0.25) is 0 Å². The summed E-state index contributed by atoms with van der Waals surface area (Å²) >= 11 is 0. The van der Waals surface area contributed by atoms with Crippen LogP contribution in [0.1, 0.15) is 58.6 Å². The minimum atomic E-state index is -1.31. The molecule has 0 spiro atoms. The zero-order valence-corrected chi connectivity index (χ0v) is 19.5. The molecule has 178 valence electrons. The molecule has 0 atom stereocenters. The van der Waals surface area contributed by atoms with Gasteiger partial charge in [0.2, 0.25) is 0 Å². The standard InChI is InChI=1S/C22H21N9O4/c1-11-27-31-19(29(11)5)16(17(28-31)22(2,3)4)25-26-18-14(9-23)10-24-30(18)15-7-12(20(32)33)6-13(8-15)21(34)35/h6-8,10H,1-5H3,(H,32,33)(H,34,35). The summed E-state index contributed by atoms with van der Waals surface area (Å²) in [4.78, 5) is 23.1. The fourth-order valence-electron chi connectivity index (χ4n) is 3.49. The molecule has 13 nitrogen and oxygen atoms in total. The molecule has 0 aliphatic rings. The van der Waals surface area contributed by atoms with Crippen LogP contribution in [0, 0.1) is 18.3 Å². The number of nitriles is 1. The lowest BCUT2D eigenvalue weighted by atomic mass is 9.91. The van der Waals surface area contributed by atoms with E-state index >= 15 is 0 Å². The maximum atomic E-state index is 11.5. The second-order valence-corrected chi connectivity index (χ2v) is 8.85. The number of nitrogens with zero attached hydrogens (tertiary/aromatic N) is 9. The van der Waals surface area contributed by atoms with Gasteiger partial charge < -0.3 is 14.8 Å². The lowest BCUT2D eigenvalue weighted by Crippen LogP contribution is -2.12. The van der Waals surface area contributed by atoms with E-state index < -0.39 is 17.4 Å². The number of azo groups is 1. The maximum Gasteiger partial charge on any atom is 0.335 e. The normalized spacial score (nSPS) is 11.9. The lowest BCUT2D eigenvalue weighted by Gasteiger charge is -2.15. The molecule has 35 heavy (non-hydrogen) atoms. The molecule has 0 aliphatic carbocycles. The summed E-state index contributed by atoms with van der Waals surface area (Å²) < 4.78 is 4.46. The van der Waals surface area contributed by atoms with E-state index in [1.54, 1.807) is 0 Å². The van der Waals surface area contributed by atoms with Gasteiger partial charge in [-0.15, -0.1) is 20.0 Å². The number of aromatic nitrogens is 6. The molecule has 0 radical (unpaired) electrons. The predicted octanol–water partition coefficient (Wildman–Crippen LogP) is 3.54. The van der Waals surface area contributed by atoms with Gasteiger partial charge in [-0.25, -0.2) is 14.3 Å². The van der Waals surface area contributed by atoms with Crippen molar-refractivity contribution in [1.29, 1.82) is 5.26 Å². The van der Waals surface area contributed by atoms with Crippen molar-refractivity contribution < 1.29 is 19.8 Å². The molecule has 0 saturated carbocycles. The fourth-order valence-corrected chi connectivity index (χ4v) is 3.49. The number of carbonyl (C=O) groups is 2. The Morgan fingerprint density at radius 3 is 2.23 bits per heavy atom. The van der Waals surface area contributed by atoms with Gasteiger partial charge >= 0.3 is 11.9 Å².